The van der Waals surface area contributed by atoms with Crippen molar-refractivity contribution in [3.8, 4) is 5.75 Å². The van der Waals surface area contributed by atoms with Crippen LogP contribution in [-0.2, 0) is 4.74 Å². The number of nitrogens with zero attached hydrogens (tertiary/aromatic N) is 1. The van der Waals surface area contributed by atoms with Crippen LogP contribution < -0.4 is 10.1 Å². The SMILES string of the molecule is COc1ccc(F)cc1C(=O)NCC1CN(C)CCO1. The first-order valence-electron chi connectivity index (χ1n) is 6.52. The first kappa shape index (κ1) is 14.7. The van der Waals surface area contributed by atoms with Crippen molar-refractivity contribution < 1.29 is 18.7 Å². The van der Waals surface area contributed by atoms with Gasteiger partial charge in [0.2, 0.25) is 0 Å². The van der Waals surface area contributed by atoms with Crippen molar-refractivity contribution in [1.29, 1.82) is 0 Å². The summed E-state index contributed by atoms with van der Waals surface area (Å²) in [5.74, 6) is -0.478. The van der Waals surface area contributed by atoms with Gasteiger partial charge >= 0.3 is 0 Å². The minimum atomic E-state index is -0.468. The smallest absolute Gasteiger partial charge is 0.255 e. The van der Waals surface area contributed by atoms with E-state index in [0.717, 1.165) is 13.1 Å². The number of nitrogens with one attached hydrogen (secondary N) is 1. The highest BCUT2D eigenvalue weighted by molar-refractivity contribution is 5.96. The number of hydrogen-bond acceptors (Lipinski definition) is 4. The average molecular weight is 282 g/mol. The molecule has 1 aliphatic heterocycles. The van der Waals surface area contributed by atoms with E-state index in [-0.39, 0.29) is 17.6 Å². The number of carbonyl (C=O) groups excluding carboxylic acids is 1. The van der Waals surface area contributed by atoms with Gasteiger partial charge in [0, 0.05) is 19.6 Å². The van der Waals surface area contributed by atoms with E-state index in [9.17, 15) is 9.18 Å². The summed E-state index contributed by atoms with van der Waals surface area (Å²) in [6.07, 6.45) is -0.0442. The molecular weight excluding hydrogens is 263 g/mol. The van der Waals surface area contributed by atoms with Gasteiger partial charge in [-0.2, -0.15) is 0 Å². The number of likely N-dealkylation sites (N-methyl/N-ethyl adjacent to an activating group) is 1. The lowest BCUT2D eigenvalue weighted by Gasteiger charge is -2.30. The molecule has 0 radical (unpaired) electrons. The van der Waals surface area contributed by atoms with Crippen LogP contribution in [0.4, 0.5) is 4.39 Å². The van der Waals surface area contributed by atoms with Gasteiger partial charge < -0.3 is 19.7 Å². The zero-order valence-electron chi connectivity index (χ0n) is 11.7. The van der Waals surface area contributed by atoms with Crippen molar-refractivity contribution in [2.45, 2.75) is 6.10 Å². The molecule has 1 fully saturated rings. The third-order valence-electron chi connectivity index (χ3n) is 3.24. The maximum Gasteiger partial charge on any atom is 0.255 e. The molecular formula is C14H19FN2O3. The fourth-order valence-electron chi connectivity index (χ4n) is 2.15. The van der Waals surface area contributed by atoms with Crippen molar-refractivity contribution >= 4 is 5.91 Å². The van der Waals surface area contributed by atoms with Gasteiger partial charge in [0.15, 0.2) is 0 Å². The summed E-state index contributed by atoms with van der Waals surface area (Å²) in [5.41, 5.74) is 0.191. The molecule has 1 heterocycles. The first-order chi connectivity index (χ1) is 9.60. The number of halogens is 1. The fourth-order valence-corrected chi connectivity index (χ4v) is 2.15. The molecule has 0 aromatic heterocycles. The van der Waals surface area contributed by atoms with Gasteiger partial charge in [-0.25, -0.2) is 4.39 Å². The van der Waals surface area contributed by atoms with Gasteiger partial charge in [-0.3, -0.25) is 4.79 Å². The number of ether oxygens (including phenoxy) is 2. The fraction of sp³-hybridized carbons (Fsp3) is 0.500. The summed E-state index contributed by atoms with van der Waals surface area (Å²) < 4.78 is 23.8. The molecule has 6 heteroatoms. The number of morpholine rings is 1. The molecule has 0 spiro atoms. The molecule has 20 heavy (non-hydrogen) atoms. The van der Waals surface area contributed by atoms with E-state index in [0.29, 0.717) is 18.9 Å². The normalized spacial score (nSPS) is 19.6. The van der Waals surface area contributed by atoms with E-state index in [1.807, 2.05) is 7.05 Å². The molecule has 1 aromatic carbocycles. The van der Waals surface area contributed by atoms with Crippen molar-refractivity contribution in [3.05, 3.63) is 29.6 Å². The summed E-state index contributed by atoms with van der Waals surface area (Å²) in [6, 6.07) is 3.87. The molecule has 1 aromatic rings. The second-order valence-corrected chi connectivity index (χ2v) is 4.81. The second-order valence-electron chi connectivity index (χ2n) is 4.81. The highest BCUT2D eigenvalue weighted by Crippen LogP contribution is 2.19. The van der Waals surface area contributed by atoms with Gasteiger partial charge in [0.25, 0.3) is 5.91 Å². The van der Waals surface area contributed by atoms with Gasteiger partial charge in [-0.15, -0.1) is 0 Å². The lowest BCUT2D eigenvalue weighted by molar-refractivity contribution is -0.0175. The third-order valence-corrected chi connectivity index (χ3v) is 3.24. The number of benzene rings is 1. The van der Waals surface area contributed by atoms with Gasteiger partial charge in [0.1, 0.15) is 11.6 Å². The molecule has 0 aliphatic carbocycles. The summed E-state index contributed by atoms with van der Waals surface area (Å²) in [4.78, 5) is 14.2. The third kappa shape index (κ3) is 3.68. The van der Waals surface area contributed by atoms with Crippen LogP contribution in [-0.4, -0.2) is 57.3 Å². The number of methoxy groups -OCH3 is 1. The summed E-state index contributed by atoms with van der Waals surface area (Å²) in [6.45, 7) is 2.70. The number of rotatable bonds is 4. The molecule has 1 N–H and O–H groups in total. The molecule has 2 rings (SSSR count). The van der Waals surface area contributed by atoms with Crippen molar-refractivity contribution in [1.82, 2.24) is 10.2 Å². The van der Waals surface area contributed by atoms with Crippen LogP contribution in [0.1, 0.15) is 10.4 Å². The summed E-state index contributed by atoms with van der Waals surface area (Å²) >= 11 is 0. The molecule has 0 saturated carbocycles. The van der Waals surface area contributed by atoms with E-state index in [1.165, 1.54) is 25.3 Å². The lowest BCUT2D eigenvalue weighted by atomic mass is 10.1. The molecule has 1 amide bonds. The van der Waals surface area contributed by atoms with Crippen LogP contribution in [0.5, 0.6) is 5.75 Å². The second kappa shape index (κ2) is 6.67. The van der Waals surface area contributed by atoms with Crippen LogP contribution in [0.3, 0.4) is 0 Å². The molecule has 5 nitrogen and oxygen atoms in total. The van der Waals surface area contributed by atoms with E-state index < -0.39 is 5.82 Å². The Balaban J connectivity index is 1.96. The Hall–Kier alpha value is -1.66. The van der Waals surface area contributed by atoms with E-state index in [1.54, 1.807) is 0 Å². The Kier molecular flexibility index (Phi) is 4.92. The molecule has 1 saturated heterocycles. The Bertz CT molecular complexity index is 481. The Labute approximate surface area is 117 Å². The van der Waals surface area contributed by atoms with E-state index >= 15 is 0 Å². The highest BCUT2D eigenvalue weighted by Gasteiger charge is 2.20. The Morgan fingerprint density at radius 2 is 2.40 bits per heavy atom. The molecule has 1 unspecified atom stereocenters. The molecule has 1 aliphatic rings. The van der Waals surface area contributed by atoms with Crippen molar-refractivity contribution in [2.75, 3.05) is 40.4 Å². The molecule has 0 bridgehead atoms. The van der Waals surface area contributed by atoms with Crippen LogP contribution in [0, 0.1) is 5.82 Å². The minimum Gasteiger partial charge on any atom is -0.496 e. The Morgan fingerprint density at radius 1 is 1.60 bits per heavy atom. The van der Waals surface area contributed by atoms with Gasteiger partial charge in [0.05, 0.1) is 25.4 Å². The largest absolute Gasteiger partial charge is 0.496 e. The average Bonchev–Trinajstić information content (AvgIpc) is 2.45. The van der Waals surface area contributed by atoms with Crippen LogP contribution in [0.25, 0.3) is 0 Å². The van der Waals surface area contributed by atoms with Crippen molar-refractivity contribution in [3.63, 3.8) is 0 Å². The van der Waals surface area contributed by atoms with Crippen LogP contribution in [0.15, 0.2) is 18.2 Å². The van der Waals surface area contributed by atoms with Gasteiger partial charge in [-0.05, 0) is 25.2 Å². The minimum absolute atomic E-state index is 0.0442. The van der Waals surface area contributed by atoms with Crippen LogP contribution >= 0.6 is 0 Å². The maximum absolute atomic E-state index is 13.2. The van der Waals surface area contributed by atoms with E-state index in [4.69, 9.17) is 9.47 Å². The van der Waals surface area contributed by atoms with Crippen LogP contribution in [0.2, 0.25) is 0 Å². The van der Waals surface area contributed by atoms with E-state index in [2.05, 4.69) is 10.2 Å². The zero-order chi connectivity index (χ0) is 14.5. The maximum atomic E-state index is 13.2. The first-order valence-corrected chi connectivity index (χ1v) is 6.52. The lowest BCUT2D eigenvalue weighted by Crippen LogP contribution is -2.45. The topological polar surface area (TPSA) is 50.8 Å². The monoisotopic (exact) mass is 282 g/mol. The number of carbonyl (C=O) groups is 1. The summed E-state index contributed by atoms with van der Waals surface area (Å²) in [5, 5.41) is 2.75. The number of amides is 1. The predicted octanol–water partition coefficient (Wildman–Crippen LogP) is 0.895. The summed E-state index contributed by atoms with van der Waals surface area (Å²) in [7, 11) is 3.45. The van der Waals surface area contributed by atoms with Gasteiger partial charge in [-0.1, -0.05) is 0 Å². The predicted molar refractivity (Wildman–Crippen MR) is 72.5 cm³/mol. The highest BCUT2D eigenvalue weighted by atomic mass is 19.1. The quantitative estimate of drug-likeness (QED) is 0.891. The molecule has 1 atom stereocenters. The zero-order valence-corrected chi connectivity index (χ0v) is 11.7. The Morgan fingerprint density at radius 3 is 3.10 bits per heavy atom. The van der Waals surface area contributed by atoms with Crippen molar-refractivity contribution in [2.24, 2.45) is 0 Å². The standard InChI is InChI=1S/C14H19FN2O3/c1-17-5-6-20-11(9-17)8-16-14(18)12-7-10(15)3-4-13(12)19-2/h3-4,7,11H,5-6,8-9H2,1-2H3,(H,16,18). The molecule has 110 valence electrons. The number of hydrogen-bond donors (Lipinski definition) is 1.